The molecule has 1 aliphatic carbocycles. The van der Waals surface area contributed by atoms with Crippen LogP contribution < -0.4 is 5.32 Å². The van der Waals surface area contributed by atoms with Gasteiger partial charge in [0, 0.05) is 18.0 Å². The van der Waals surface area contributed by atoms with Crippen LogP contribution in [0.3, 0.4) is 0 Å². The Morgan fingerprint density at radius 3 is 2.83 bits per heavy atom. The van der Waals surface area contributed by atoms with E-state index in [2.05, 4.69) is 17.5 Å². The molecule has 0 spiro atoms. The highest BCUT2D eigenvalue weighted by atomic mass is 35.5. The summed E-state index contributed by atoms with van der Waals surface area (Å²) in [7, 11) is 0. The number of halogens is 1. The Morgan fingerprint density at radius 2 is 2.17 bits per heavy atom. The molecule has 2 unspecified atom stereocenters. The Labute approximate surface area is 80.2 Å². The summed E-state index contributed by atoms with van der Waals surface area (Å²) in [5.41, 5.74) is 0. The fourth-order valence-corrected chi connectivity index (χ4v) is 2.02. The standard InChI is InChI=1S/C10H18ClN/c1-2-3-8-12-10-7-5-4-6-9(10)11/h2-3,9-10,12H,4-8H2,1H3/b3-2+. The van der Waals surface area contributed by atoms with E-state index in [0.717, 1.165) is 6.54 Å². The smallest absolute Gasteiger partial charge is 0.0489 e. The summed E-state index contributed by atoms with van der Waals surface area (Å²) in [5, 5.41) is 3.80. The van der Waals surface area contributed by atoms with Crippen molar-refractivity contribution in [2.24, 2.45) is 0 Å². The van der Waals surface area contributed by atoms with Crippen LogP contribution in [0.25, 0.3) is 0 Å². The Morgan fingerprint density at radius 1 is 1.42 bits per heavy atom. The van der Waals surface area contributed by atoms with Gasteiger partial charge in [-0.1, -0.05) is 25.0 Å². The molecular weight excluding hydrogens is 170 g/mol. The Kier molecular flexibility index (Phi) is 4.70. The lowest BCUT2D eigenvalue weighted by Crippen LogP contribution is -2.39. The van der Waals surface area contributed by atoms with Crippen LogP contribution in [0.2, 0.25) is 0 Å². The third-order valence-electron chi connectivity index (χ3n) is 2.42. The van der Waals surface area contributed by atoms with Crippen LogP contribution in [-0.2, 0) is 0 Å². The van der Waals surface area contributed by atoms with E-state index < -0.39 is 0 Å². The maximum atomic E-state index is 6.18. The van der Waals surface area contributed by atoms with Gasteiger partial charge < -0.3 is 5.32 Å². The minimum atomic E-state index is 0.351. The van der Waals surface area contributed by atoms with Gasteiger partial charge in [0.1, 0.15) is 0 Å². The summed E-state index contributed by atoms with van der Waals surface area (Å²) < 4.78 is 0. The fraction of sp³-hybridized carbons (Fsp3) is 0.800. The van der Waals surface area contributed by atoms with Gasteiger partial charge >= 0.3 is 0 Å². The van der Waals surface area contributed by atoms with Gasteiger partial charge in [0.25, 0.3) is 0 Å². The molecule has 0 radical (unpaired) electrons. The highest BCUT2D eigenvalue weighted by Gasteiger charge is 2.21. The highest BCUT2D eigenvalue weighted by Crippen LogP contribution is 2.22. The molecule has 1 nitrogen and oxygen atoms in total. The third-order valence-corrected chi connectivity index (χ3v) is 2.94. The zero-order valence-electron chi connectivity index (χ0n) is 7.72. The number of nitrogens with one attached hydrogen (secondary N) is 1. The summed E-state index contributed by atoms with van der Waals surface area (Å²) >= 11 is 6.18. The number of hydrogen-bond donors (Lipinski definition) is 1. The van der Waals surface area contributed by atoms with E-state index in [-0.39, 0.29) is 0 Å². The molecular formula is C10H18ClN. The van der Waals surface area contributed by atoms with Gasteiger partial charge in [-0.2, -0.15) is 0 Å². The van der Waals surface area contributed by atoms with Crippen LogP contribution in [0.15, 0.2) is 12.2 Å². The van der Waals surface area contributed by atoms with Crippen molar-refractivity contribution in [3.63, 3.8) is 0 Å². The van der Waals surface area contributed by atoms with E-state index in [0.29, 0.717) is 11.4 Å². The number of alkyl halides is 1. The van der Waals surface area contributed by atoms with Gasteiger partial charge in [0.15, 0.2) is 0 Å². The second kappa shape index (κ2) is 5.60. The molecule has 0 aromatic heterocycles. The van der Waals surface area contributed by atoms with E-state index in [4.69, 9.17) is 11.6 Å². The minimum absolute atomic E-state index is 0.351. The molecule has 1 fully saturated rings. The van der Waals surface area contributed by atoms with Crippen molar-refractivity contribution in [2.75, 3.05) is 6.54 Å². The quantitative estimate of drug-likeness (QED) is 0.529. The zero-order valence-corrected chi connectivity index (χ0v) is 8.48. The molecule has 0 saturated heterocycles. The lowest BCUT2D eigenvalue weighted by atomic mass is 9.95. The first kappa shape index (κ1) is 10.1. The largest absolute Gasteiger partial charge is 0.309 e. The lowest BCUT2D eigenvalue weighted by Gasteiger charge is -2.27. The van der Waals surface area contributed by atoms with Crippen molar-refractivity contribution >= 4 is 11.6 Å². The molecule has 70 valence electrons. The molecule has 0 heterocycles. The number of hydrogen-bond acceptors (Lipinski definition) is 1. The molecule has 0 bridgehead atoms. The lowest BCUT2D eigenvalue weighted by molar-refractivity contribution is 0.391. The molecule has 1 rings (SSSR count). The van der Waals surface area contributed by atoms with E-state index >= 15 is 0 Å². The molecule has 0 aliphatic heterocycles. The van der Waals surface area contributed by atoms with Crippen LogP contribution in [0, 0.1) is 0 Å². The van der Waals surface area contributed by atoms with Crippen LogP contribution in [0.1, 0.15) is 32.6 Å². The van der Waals surface area contributed by atoms with Crippen LogP contribution in [0.5, 0.6) is 0 Å². The molecule has 0 aromatic carbocycles. The maximum Gasteiger partial charge on any atom is 0.0489 e. The van der Waals surface area contributed by atoms with E-state index in [1.165, 1.54) is 25.7 Å². The van der Waals surface area contributed by atoms with Crippen LogP contribution >= 0.6 is 11.6 Å². The summed E-state index contributed by atoms with van der Waals surface area (Å²) in [5.74, 6) is 0. The predicted molar refractivity (Wildman–Crippen MR) is 54.7 cm³/mol. The molecule has 12 heavy (non-hydrogen) atoms. The average molecular weight is 188 g/mol. The monoisotopic (exact) mass is 187 g/mol. The maximum absolute atomic E-state index is 6.18. The first-order valence-electron chi connectivity index (χ1n) is 4.83. The van der Waals surface area contributed by atoms with Crippen molar-refractivity contribution in [3.8, 4) is 0 Å². The van der Waals surface area contributed by atoms with Crippen LogP contribution in [-0.4, -0.2) is 18.0 Å². The number of allylic oxidation sites excluding steroid dienone is 1. The topological polar surface area (TPSA) is 12.0 Å². The fourth-order valence-electron chi connectivity index (χ4n) is 1.65. The molecule has 0 amide bonds. The normalized spacial score (nSPS) is 31.2. The van der Waals surface area contributed by atoms with E-state index in [1.807, 2.05) is 6.92 Å². The summed E-state index contributed by atoms with van der Waals surface area (Å²) in [4.78, 5) is 0. The molecule has 2 atom stereocenters. The minimum Gasteiger partial charge on any atom is -0.309 e. The predicted octanol–water partition coefficient (Wildman–Crippen LogP) is 2.70. The average Bonchev–Trinajstić information content (AvgIpc) is 2.09. The summed E-state index contributed by atoms with van der Waals surface area (Å²) in [6, 6.07) is 0.539. The van der Waals surface area contributed by atoms with Crippen molar-refractivity contribution in [1.82, 2.24) is 5.32 Å². The Hall–Kier alpha value is -0.0100. The van der Waals surface area contributed by atoms with E-state index in [1.54, 1.807) is 0 Å². The second-order valence-corrected chi connectivity index (χ2v) is 3.94. The molecule has 2 heteroatoms. The Balaban J connectivity index is 2.20. The van der Waals surface area contributed by atoms with Gasteiger partial charge in [0.05, 0.1) is 0 Å². The molecule has 1 N–H and O–H groups in total. The van der Waals surface area contributed by atoms with Gasteiger partial charge in [-0.15, -0.1) is 11.6 Å². The first-order chi connectivity index (χ1) is 5.84. The summed E-state index contributed by atoms with van der Waals surface area (Å²) in [6.45, 7) is 3.01. The van der Waals surface area contributed by atoms with Crippen molar-refractivity contribution in [3.05, 3.63) is 12.2 Å². The van der Waals surface area contributed by atoms with Gasteiger partial charge in [-0.25, -0.2) is 0 Å². The van der Waals surface area contributed by atoms with Crippen molar-refractivity contribution in [1.29, 1.82) is 0 Å². The van der Waals surface area contributed by atoms with E-state index in [9.17, 15) is 0 Å². The third kappa shape index (κ3) is 3.16. The molecule has 1 aliphatic rings. The molecule has 1 saturated carbocycles. The van der Waals surface area contributed by atoms with Crippen molar-refractivity contribution < 1.29 is 0 Å². The second-order valence-electron chi connectivity index (χ2n) is 3.38. The SMILES string of the molecule is C/C=C/CNC1CCCCC1Cl. The van der Waals surface area contributed by atoms with Crippen LogP contribution in [0.4, 0.5) is 0 Å². The summed E-state index contributed by atoms with van der Waals surface area (Å²) in [6.07, 6.45) is 9.25. The van der Waals surface area contributed by atoms with Gasteiger partial charge in [-0.3, -0.25) is 0 Å². The van der Waals surface area contributed by atoms with Gasteiger partial charge in [-0.05, 0) is 19.8 Å². The zero-order chi connectivity index (χ0) is 8.81. The Bertz CT molecular complexity index is 145. The van der Waals surface area contributed by atoms with Gasteiger partial charge in [0.2, 0.25) is 0 Å². The van der Waals surface area contributed by atoms with Crippen molar-refractivity contribution in [2.45, 2.75) is 44.0 Å². The number of rotatable bonds is 3. The molecule has 0 aromatic rings. The highest BCUT2D eigenvalue weighted by molar-refractivity contribution is 6.21. The first-order valence-corrected chi connectivity index (χ1v) is 5.27.